The van der Waals surface area contributed by atoms with Crippen LogP contribution >= 0.6 is 0 Å². The number of aliphatic carboxylic acids is 1. The van der Waals surface area contributed by atoms with E-state index in [9.17, 15) is 19.5 Å². The largest absolute Gasteiger partial charge is 0.496 e. The van der Waals surface area contributed by atoms with E-state index >= 15 is 0 Å². The number of fused-ring (bicyclic) bond motifs is 1. The van der Waals surface area contributed by atoms with Gasteiger partial charge in [-0.15, -0.1) is 0 Å². The van der Waals surface area contributed by atoms with Crippen molar-refractivity contribution in [3.05, 3.63) is 23.9 Å². The number of hydrogen-bond donors (Lipinski definition) is 2. The van der Waals surface area contributed by atoms with Crippen LogP contribution in [0, 0.1) is 11.8 Å². The van der Waals surface area contributed by atoms with Crippen molar-refractivity contribution < 1.29 is 29.0 Å². The minimum Gasteiger partial charge on any atom is -0.496 e. The second-order valence-corrected chi connectivity index (χ2v) is 8.45. The van der Waals surface area contributed by atoms with E-state index in [-0.39, 0.29) is 17.7 Å². The van der Waals surface area contributed by atoms with Gasteiger partial charge in [0.25, 0.3) is 5.91 Å². The average molecular weight is 446 g/mol. The van der Waals surface area contributed by atoms with Gasteiger partial charge in [-0.3, -0.25) is 14.4 Å². The molecular weight excluding hydrogens is 414 g/mol. The minimum atomic E-state index is -0.826. The number of piperidine rings is 1. The summed E-state index contributed by atoms with van der Waals surface area (Å²) in [6, 6.07) is 4.58. The molecule has 174 valence electrons. The number of benzene rings is 1. The van der Waals surface area contributed by atoms with Crippen molar-refractivity contribution >= 4 is 28.7 Å². The second kappa shape index (κ2) is 9.50. The van der Waals surface area contributed by atoms with Crippen LogP contribution in [0.3, 0.4) is 0 Å². The molecule has 9 heteroatoms. The number of rotatable bonds is 7. The van der Waals surface area contributed by atoms with Gasteiger partial charge in [-0.1, -0.05) is 13.8 Å². The molecule has 1 aromatic heterocycles. The Morgan fingerprint density at radius 1 is 1.09 bits per heavy atom. The van der Waals surface area contributed by atoms with Crippen molar-refractivity contribution in [3.63, 3.8) is 0 Å². The number of aromatic nitrogens is 1. The average Bonchev–Trinajstić information content (AvgIpc) is 3.13. The minimum absolute atomic E-state index is 0.137. The Balaban J connectivity index is 1.84. The number of likely N-dealkylation sites (tertiary alicyclic amines) is 1. The van der Waals surface area contributed by atoms with Crippen molar-refractivity contribution in [1.82, 2.24) is 14.8 Å². The molecule has 1 aliphatic rings. The molecule has 1 saturated heterocycles. The summed E-state index contributed by atoms with van der Waals surface area (Å²) in [4.78, 5) is 39.2. The number of nitrogens with one attached hydrogen (secondary N) is 1. The monoisotopic (exact) mass is 445 g/mol. The standard InChI is InChI=1S/C23H31N3O6/c1-13(2)19(22(28)26-10-8-14(9-11-26)23(29)30)24-21(27)16-12-15-17(31-4)6-7-18(32-5)20(15)25(16)3/h6-7,12-14,19H,8-11H2,1-5H3,(H,24,27)(H,29,30)/t19-/m0/s1. The van der Waals surface area contributed by atoms with E-state index in [4.69, 9.17) is 9.47 Å². The Hall–Kier alpha value is -3.23. The van der Waals surface area contributed by atoms with E-state index < -0.39 is 17.9 Å². The molecule has 0 radical (unpaired) electrons. The van der Waals surface area contributed by atoms with E-state index in [1.165, 1.54) is 0 Å². The van der Waals surface area contributed by atoms with Gasteiger partial charge < -0.3 is 29.4 Å². The maximum absolute atomic E-state index is 13.2. The lowest BCUT2D eigenvalue weighted by Gasteiger charge is -2.34. The van der Waals surface area contributed by atoms with Crippen LogP contribution in [0.5, 0.6) is 11.5 Å². The predicted molar refractivity (Wildman–Crippen MR) is 119 cm³/mol. The number of methoxy groups -OCH3 is 2. The topological polar surface area (TPSA) is 110 Å². The predicted octanol–water partition coefficient (Wildman–Crippen LogP) is 2.27. The van der Waals surface area contributed by atoms with Gasteiger partial charge in [-0.25, -0.2) is 0 Å². The van der Waals surface area contributed by atoms with Crippen molar-refractivity contribution in [2.24, 2.45) is 18.9 Å². The van der Waals surface area contributed by atoms with Gasteiger partial charge in [0.15, 0.2) is 0 Å². The fourth-order valence-electron chi connectivity index (χ4n) is 4.24. The lowest BCUT2D eigenvalue weighted by atomic mass is 9.95. The summed E-state index contributed by atoms with van der Waals surface area (Å²) in [7, 11) is 4.89. The number of carboxylic acid groups (broad SMARTS) is 1. The highest BCUT2D eigenvalue weighted by Crippen LogP contribution is 2.35. The van der Waals surface area contributed by atoms with Crippen LogP contribution in [0.15, 0.2) is 18.2 Å². The van der Waals surface area contributed by atoms with Crippen LogP contribution in [0.25, 0.3) is 10.9 Å². The summed E-state index contributed by atoms with van der Waals surface area (Å²) in [6.07, 6.45) is 0.839. The highest BCUT2D eigenvalue weighted by molar-refractivity contribution is 6.03. The zero-order valence-electron chi connectivity index (χ0n) is 19.2. The number of amides is 2. The Morgan fingerprint density at radius 3 is 2.22 bits per heavy atom. The van der Waals surface area contributed by atoms with Crippen LogP contribution in [0.4, 0.5) is 0 Å². The summed E-state index contributed by atoms with van der Waals surface area (Å²) in [6.45, 7) is 4.50. The molecule has 0 spiro atoms. The second-order valence-electron chi connectivity index (χ2n) is 8.45. The summed E-state index contributed by atoms with van der Waals surface area (Å²) in [5.41, 5.74) is 1.10. The molecule has 0 bridgehead atoms. The number of aryl methyl sites for hydroxylation is 1. The fourth-order valence-corrected chi connectivity index (χ4v) is 4.24. The number of nitrogens with zero attached hydrogens (tertiary/aromatic N) is 2. The van der Waals surface area contributed by atoms with Crippen LogP contribution < -0.4 is 14.8 Å². The highest BCUT2D eigenvalue weighted by Gasteiger charge is 2.33. The van der Waals surface area contributed by atoms with Crippen molar-refractivity contribution in [2.45, 2.75) is 32.7 Å². The van der Waals surface area contributed by atoms with Gasteiger partial charge in [0.05, 0.1) is 25.7 Å². The third-order valence-corrected chi connectivity index (χ3v) is 6.17. The maximum Gasteiger partial charge on any atom is 0.306 e. The van der Waals surface area contributed by atoms with Crippen molar-refractivity contribution in [3.8, 4) is 11.5 Å². The maximum atomic E-state index is 13.2. The Kier molecular flexibility index (Phi) is 6.96. The number of carbonyl (C=O) groups is 3. The smallest absolute Gasteiger partial charge is 0.306 e. The van der Waals surface area contributed by atoms with Crippen LogP contribution in [-0.2, 0) is 16.6 Å². The van der Waals surface area contributed by atoms with Gasteiger partial charge in [0, 0.05) is 25.5 Å². The molecule has 1 aromatic carbocycles. The molecule has 0 unspecified atom stereocenters. The Morgan fingerprint density at radius 2 is 1.69 bits per heavy atom. The molecule has 0 saturated carbocycles. The SMILES string of the molecule is COc1ccc(OC)c2c1cc(C(=O)N[C@H](C(=O)N1CCC(C(=O)O)CC1)C(C)C)n2C. The normalized spacial score (nSPS) is 15.6. The first-order chi connectivity index (χ1) is 15.2. The zero-order chi connectivity index (χ0) is 23.6. The Labute approximate surface area is 187 Å². The first-order valence-corrected chi connectivity index (χ1v) is 10.7. The van der Waals surface area contributed by atoms with Gasteiger partial charge in [0.2, 0.25) is 5.91 Å². The molecule has 1 aliphatic heterocycles. The molecule has 32 heavy (non-hydrogen) atoms. The van der Waals surface area contributed by atoms with E-state index in [1.807, 2.05) is 13.8 Å². The molecule has 1 atom stereocenters. The molecule has 0 aliphatic carbocycles. The number of carboxylic acids is 1. The Bertz CT molecular complexity index is 1020. The number of ether oxygens (including phenoxy) is 2. The molecule has 2 amide bonds. The summed E-state index contributed by atoms with van der Waals surface area (Å²) in [5, 5.41) is 12.8. The van der Waals surface area contributed by atoms with E-state index in [2.05, 4.69) is 5.32 Å². The molecule has 2 N–H and O–H groups in total. The van der Waals surface area contributed by atoms with Gasteiger partial charge in [-0.2, -0.15) is 0 Å². The quantitative estimate of drug-likeness (QED) is 0.677. The lowest BCUT2D eigenvalue weighted by molar-refractivity contribution is -0.146. The van der Waals surface area contributed by atoms with Crippen LogP contribution in [0.2, 0.25) is 0 Å². The summed E-state index contributed by atoms with van der Waals surface area (Å²) in [5.74, 6) is -0.721. The molecule has 3 rings (SSSR count). The molecule has 1 fully saturated rings. The molecule has 2 heterocycles. The molecular formula is C23H31N3O6. The van der Waals surface area contributed by atoms with Crippen molar-refractivity contribution in [2.75, 3.05) is 27.3 Å². The third kappa shape index (κ3) is 4.37. The first kappa shape index (κ1) is 23.4. The van der Waals surface area contributed by atoms with Crippen LogP contribution in [0.1, 0.15) is 37.2 Å². The van der Waals surface area contributed by atoms with E-state index in [0.29, 0.717) is 43.1 Å². The van der Waals surface area contributed by atoms with Crippen LogP contribution in [-0.4, -0.2) is 65.7 Å². The zero-order valence-corrected chi connectivity index (χ0v) is 19.2. The summed E-state index contributed by atoms with van der Waals surface area (Å²) < 4.78 is 12.6. The highest BCUT2D eigenvalue weighted by atomic mass is 16.5. The van der Waals surface area contributed by atoms with E-state index in [0.717, 1.165) is 10.9 Å². The number of hydrogen-bond acceptors (Lipinski definition) is 5. The third-order valence-electron chi connectivity index (χ3n) is 6.17. The fraction of sp³-hybridized carbons (Fsp3) is 0.522. The molecule has 9 nitrogen and oxygen atoms in total. The van der Waals surface area contributed by atoms with Gasteiger partial charge >= 0.3 is 5.97 Å². The number of carbonyl (C=O) groups excluding carboxylic acids is 2. The molecule has 2 aromatic rings. The van der Waals surface area contributed by atoms with Gasteiger partial charge in [-0.05, 0) is 37.0 Å². The first-order valence-electron chi connectivity index (χ1n) is 10.7. The van der Waals surface area contributed by atoms with Gasteiger partial charge in [0.1, 0.15) is 23.2 Å². The van der Waals surface area contributed by atoms with Crippen molar-refractivity contribution in [1.29, 1.82) is 0 Å². The summed E-state index contributed by atoms with van der Waals surface area (Å²) >= 11 is 0. The van der Waals surface area contributed by atoms with E-state index in [1.54, 1.807) is 48.9 Å². The lowest BCUT2D eigenvalue weighted by Crippen LogP contribution is -2.53.